The molecule has 0 radical (unpaired) electrons. The fourth-order valence-corrected chi connectivity index (χ4v) is 2.95. The summed E-state index contributed by atoms with van der Waals surface area (Å²) in [5.41, 5.74) is -0.251. The number of halogens is 1. The molecule has 1 aliphatic heterocycles. The topological polar surface area (TPSA) is 84.7 Å². The standard InChI is InChI=1S/C15H20ClN3O4/c1-23-8-7-18-6-2-3-12(18)10-17-15(20)13-5-4-11(16)9-14(13)19(21)22/h4-5,9,12H,2-3,6-8,10H2,1H3,(H,17,20). The maximum absolute atomic E-state index is 12.3. The van der Waals surface area contributed by atoms with Gasteiger partial charge in [0.25, 0.3) is 11.6 Å². The first-order valence-electron chi connectivity index (χ1n) is 7.48. The van der Waals surface area contributed by atoms with Crippen LogP contribution in [-0.4, -0.2) is 55.1 Å². The molecule has 2 rings (SSSR count). The maximum atomic E-state index is 12.3. The predicted molar refractivity (Wildman–Crippen MR) is 86.9 cm³/mol. The summed E-state index contributed by atoms with van der Waals surface area (Å²) in [6, 6.07) is 4.29. The van der Waals surface area contributed by atoms with Crippen LogP contribution in [-0.2, 0) is 4.74 Å². The summed E-state index contributed by atoms with van der Waals surface area (Å²) in [6.07, 6.45) is 2.07. The van der Waals surface area contributed by atoms with Crippen molar-refractivity contribution < 1.29 is 14.5 Å². The second-order valence-corrected chi connectivity index (χ2v) is 5.89. The van der Waals surface area contributed by atoms with Gasteiger partial charge in [-0.3, -0.25) is 19.8 Å². The van der Waals surface area contributed by atoms with E-state index in [0.717, 1.165) is 25.9 Å². The van der Waals surface area contributed by atoms with Gasteiger partial charge in [-0.1, -0.05) is 11.6 Å². The molecular formula is C15H20ClN3O4. The van der Waals surface area contributed by atoms with Gasteiger partial charge < -0.3 is 10.1 Å². The van der Waals surface area contributed by atoms with Gasteiger partial charge in [-0.2, -0.15) is 0 Å². The van der Waals surface area contributed by atoms with E-state index in [-0.39, 0.29) is 22.3 Å². The molecule has 1 amide bonds. The number of benzene rings is 1. The Morgan fingerprint density at radius 2 is 2.35 bits per heavy atom. The molecule has 7 nitrogen and oxygen atoms in total. The molecule has 1 unspecified atom stereocenters. The Morgan fingerprint density at radius 3 is 3.04 bits per heavy atom. The summed E-state index contributed by atoms with van der Waals surface area (Å²) in [5, 5.41) is 14.1. The summed E-state index contributed by atoms with van der Waals surface area (Å²) < 4.78 is 5.08. The molecule has 126 valence electrons. The molecule has 1 saturated heterocycles. The number of ether oxygens (including phenoxy) is 1. The second kappa shape index (κ2) is 8.24. The van der Waals surface area contributed by atoms with Crippen LogP contribution >= 0.6 is 11.6 Å². The zero-order chi connectivity index (χ0) is 16.8. The highest BCUT2D eigenvalue weighted by Gasteiger charge is 2.26. The van der Waals surface area contributed by atoms with Crippen LogP contribution in [0.3, 0.4) is 0 Å². The van der Waals surface area contributed by atoms with E-state index >= 15 is 0 Å². The summed E-state index contributed by atoms with van der Waals surface area (Å²) in [5.74, 6) is -0.452. The molecule has 23 heavy (non-hydrogen) atoms. The van der Waals surface area contributed by atoms with Gasteiger partial charge in [0.15, 0.2) is 0 Å². The molecule has 0 aromatic heterocycles. The van der Waals surface area contributed by atoms with Crippen molar-refractivity contribution in [3.05, 3.63) is 38.9 Å². The van der Waals surface area contributed by atoms with Crippen LogP contribution in [0.5, 0.6) is 0 Å². The van der Waals surface area contributed by atoms with Crippen molar-refractivity contribution in [3.8, 4) is 0 Å². The van der Waals surface area contributed by atoms with Crippen LogP contribution in [0.4, 0.5) is 5.69 Å². The fraction of sp³-hybridized carbons (Fsp3) is 0.533. The molecule has 1 atom stereocenters. The molecule has 0 saturated carbocycles. The summed E-state index contributed by atoms with van der Waals surface area (Å²) in [4.78, 5) is 25.0. The molecule has 1 N–H and O–H groups in total. The molecule has 1 heterocycles. The van der Waals surface area contributed by atoms with E-state index in [1.807, 2.05) is 0 Å². The number of hydrogen-bond acceptors (Lipinski definition) is 5. The van der Waals surface area contributed by atoms with E-state index in [1.54, 1.807) is 7.11 Å². The molecule has 0 aliphatic carbocycles. The Morgan fingerprint density at radius 1 is 1.57 bits per heavy atom. The van der Waals surface area contributed by atoms with Crippen LogP contribution in [0.25, 0.3) is 0 Å². The lowest BCUT2D eigenvalue weighted by molar-refractivity contribution is -0.385. The van der Waals surface area contributed by atoms with E-state index in [2.05, 4.69) is 10.2 Å². The third-order valence-electron chi connectivity index (χ3n) is 3.98. The maximum Gasteiger partial charge on any atom is 0.283 e. The predicted octanol–water partition coefficient (Wildman–Crippen LogP) is 2.09. The van der Waals surface area contributed by atoms with E-state index in [4.69, 9.17) is 16.3 Å². The lowest BCUT2D eigenvalue weighted by atomic mass is 10.1. The second-order valence-electron chi connectivity index (χ2n) is 5.45. The molecule has 1 aromatic carbocycles. The van der Waals surface area contributed by atoms with Gasteiger partial charge in [0.05, 0.1) is 11.5 Å². The van der Waals surface area contributed by atoms with Crippen molar-refractivity contribution >= 4 is 23.2 Å². The number of nitro benzene ring substituents is 1. The van der Waals surface area contributed by atoms with Crippen LogP contribution in [0.15, 0.2) is 18.2 Å². The van der Waals surface area contributed by atoms with Gasteiger partial charge in [0.2, 0.25) is 0 Å². The molecule has 0 spiro atoms. The number of carbonyl (C=O) groups excluding carboxylic acids is 1. The SMILES string of the molecule is COCCN1CCCC1CNC(=O)c1ccc(Cl)cc1[N+](=O)[O-]. The third kappa shape index (κ3) is 4.63. The number of rotatable bonds is 7. The molecule has 1 aliphatic rings. The fourth-order valence-electron chi connectivity index (χ4n) is 2.78. The van der Waals surface area contributed by atoms with Crippen molar-refractivity contribution in [3.63, 3.8) is 0 Å². The highest BCUT2D eigenvalue weighted by atomic mass is 35.5. The lowest BCUT2D eigenvalue weighted by Crippen LogP contribution is -2.41. The van der Waals surface area contributed by atoms with Crippen LogP contribution in [0, 0.1) is 10.1 Å². The third-order valence-corrected chi connectivity index (χ3v) is 4.22. The first kappa shape index (κ1) is 17.7. The number of nitro groups is 1. The van der Waals surface area contributed by atoms with E-state index in [1.165, 1.54) is 18.2 Å². The van der Waals surface area contributed by atoms with Crippen LogP contribution in [0.2, 0.25) is 5.02 Å². The van der Waals surface area contributed by atoms with Gasteiger partial charge >= 0.3 is 0 Å². The number of likely N-dealkylation sites (tertiary alicyclic amines) is 1. The van der Waals surface area contributed by atoms with Crippen molar-refractivity contribution in [1.82, 2.24) is 10.2 Å². The van der Waals surface area contributed by atoms with Gasteiger partial charge in [-0.05, 0) is 31.5 Å². The first-order valence-corrected chi connectivity index (χ1v) is 7.86. The number of carbonyl (C=O) groups is 1. The summed E-state index contributed by atoms with van der Waals surface area (Å²) >= 11 is 5.76. The average Bonchev–Trinajstić information content (AvgIpc) is 2.97. The van der Waals surface area contributed by atoms with Gasteiger partial charge in [0.1, 0.15) is 5.56 Å². The van der Waals surface area contributed by atoms with Crippen molar-refractivity contribution in [2.75, 3.05) is 33.4 Å². The monoisotopic (exact) mass is 341 g/mol. The minimum atomic E-state index is -0.596. The number of nitrogens with zero attached hydrogens (tertiary/aromatic N) is 2. The van der Waals surface area contributed by atoms with E-state index < -0.39 is 10.8 Å². The van der Waals surface area contributed by atoms with Crippen LogP contribution < -0.4 is 5.32 Å². The molecule has 1 fully saturated rings. The van der Waals surface area contributed by atoms with Crippen molar-refractivity contribution in [1.29, 1.82) is 0 Å². The zero-order valence-electron chi connectivity index (χ0n) is 13.0. The first-order chi connectivity index (χ1) is 11.0. The smallest absolute Gasteiger partial charge is 0.283 e. The Bertz CT molecular complexity index is 582. The number of nitrogens with one attached hydrogen (secondary N) is 1. The van der Waals surface area contributed by atoms with E-state index in [9.17, 15) is 14.9 Å². The van der Waals surface area contributed by atoms with Crippen molar-refractivity contribution in [2.45, 2.75) is 18.9 Å². The minimum Gasteiger partial charge on any atom is -0.383 e. The Kier molecular flexibility index (Phi) is 6.32. The Labute approximate surface area is 139 Å². The minimum absolute atomic E-state index is 0.0286. The molecular weight excluding hydrogens is 322 g/mol. The largest absolute Gasteiger partial charge is 0.383 e. The zero-order valence-corrected chi connectivity index (χ0v) is 13.7. The lowest BCUT2D eigenvalue weighted by Gasteiger charge is -2.24. The molecule has 1 aromatic rings. The molecule has 8 heteroatoms. The highest BCUT2D eigenvalue weighted by molar-refractivity contribution is 6.31. The van der Waals surface area contributed by atoms with Gasteiger partial charge in [-0.25, -0.2) is 0 Å². The van der Waals surface area contributed by atoms with Gasteiger partial charge in [-0.15, -0.1) is 0 Å². The average molecular weight is 342 g/mol. The number of amides is 1. The van der Waals surface area contributed by atoms with Gasteiger partial charge in [0, 0.05) is 37.3 Å². The van der Waals surface area contributed by atoms with Crippen LogP contribution in [0.1, 0.15) is 23.2 Å². The number of methoxy groups -OCH3 is 1. The summed E-state index contributed by atoms with van der Waals surface area (Å²) in [7, 11) is 1.66. The Hall–Kier alpha value is -1.70. The summed E-state index contributed by atoms with van der Waals surface area (Å²) in [6.45, 7) is 2.90. The normalized spacial score (nSPS) is 18.1. The molecule has 0 bridgehead atoms. The van der Waals surface area contributed by atoms with Crippen molar-refractivity contribution in [2.24, 2.45) is 0 Å². The van der Waals surface area contributed by atoms with E-state index in [0.29, 0.717) is 13.2 Å². The number of hydrogen-bond donors (Lipinski definition) is 1. The Balaban J connectivity index is 1.98. The quantitative estimate of drug-likeness (QED) is 0.606. The highest BCUT2D eigenvalue weighted by Crippen LogP contribution is 2.23.